The molecule has 0 bridgehead atoms. The minimum absolute atomic E-state index is 0.0152. The first-order chi connectivity index (χ1) is 37.0. The van der Waals surface area contributed by atoms with Gasteiger partial charge in [-0.15, -0.1) is 0 Å². The summed E-state index contributed by atoms with van der Waals surface area (Å²) in [5, 5.41) is 23.3. The lowest BCUT2D eigenvalue weighted by Gasteiger charge is -2.22. The smallest absolute Gasteiger partial charge is 0.305 e. The molecule has 0 aromatic carbocycles. The molecule has 2 unspecified atom stereocenters. The van der Waals surface area contributed by atoms with Gasteiger partial charge < -0.3 is 20.3 Å². The summed E-state index contributed by atoms with van der Waals surface area (Å²) in [7, 11) is 0. The SMILES string of the molecule is CCCCCCCCCCCCCCCCCCCC(=O)OCCCCCCCCCCC/C=C\C/C=C\CCCCCCCCCCCCCC(=O)NC(CO)C(O)CCCCCCCCCCCCCCCC. The molecule has 0 aromatic heterocycles. The molecule has 0 fully saturated rings. The molecule has 1 amide bonds. The summed E-state index contributed by atoms with van der Waals surface area (Å²) in [6, 6.07) is -0.543. The van der Waals surface area contributed by atoms with Crippen molar-refractivity contribution in [3.8, 4) is 0 Å². The molecule has 0 spiro atoms. The number of ether oxygens (including phenoxy) is 1. The number of aliphatic hydroxyl groups is 2. The molecule has 0 aliphatic carbocycles. The number of rotatable bonds is 64. The van der Waals surface area contributed by atoms with Crippen LogP contribution < -0.4 is 5.32 Å². The van der Waals surface area contributed by atoms with E-state index in [1.54, 1.807) is 0 Å². The van der Waals surface area contributed by atoms with Gasteiger partial charge in [-0.2, -0.15) is 0 Å². The molecule has 0 saturated carbocycles. The second kappa shape index (κ2) is 64.9. The Morgan fingerprint density at radius 3 is 1.01 bits per heavy atom. The monoisotopic (exact) mass is 1060 g/mol. The molecule has 0 rings (SSSR count). The number of nitrogens with one attached hydrogen (secondary N) is 1. The highest BCUT2D eigenvalue weighted by Crippen LogP contribution is 2.18. The van der Waals surface area contributed by atoms with E-state index in [0.717, 1.165) is 44.9 Å². The molecule has 0 saturated heterocycles. The third-order valence-corrected chi connectivity index (χ3v) is 16.0. The topological polar surface area (TPSA) is 95.9 Å². The van der Waals surface area contributed by atoms with Gasteiger partial charge in [0.15, 0.2) is 0 Å². The van der Waals surface area contributed by atoms with Gasteiger partial charge in [0.1, 0.15) is 0 Å². The summed E-state index contributed by atoms with van der Waals surface area (Å²) < 4.78 is 5.50. The summed E-state index contributed by atoms with van der Waals surface area (Å²) in [5.41, 5.74) is 0. The third kappa shape index (κ3) is 61.4. The molecule has 3 N–H and O–H groups in total. The molecule has 75 heavy (non-hydrogen) atoms. The summed E-state index contributed by atoms with van der Waals surface area (Å²) in [6.07, 6.45) is 80.7. The van der Waals surface area contributed by atoms with Crippen molar-refractivity contribution in [2.45, 2.75) is 392 Å². The van der Waals surface area contributed by atoms with E-state index in [9.17, 15) is 19.8 Å². The number of amides is 1. The highest BCUT2D eigenvalue weighted by atomic mass is 16.5. The number of hydrogen-bond acceptors (Lipinski definition) is 5. The Balaban J connectivity index is 3.39. The van der Waals surface area contributed by atoms with Crippen LogP contribution in [0.15, 0.2) is 24.3 Å². The first-order valence-corrected chi connectivity index (χ1v) is 34.1. The van der Waals surface area contributed by atoms with Gasteiger partial charge in [0.2, 0.25) is 5.91 Å². The van der Waals surface area contributed by atoms with Crippen LogP contribution >= 0.6 is 0 Å². The van der Waals surface area contributed by atoms with E-state index in [1.807, 2.05) is 0 Å². The van der Waals surface area contributed by atoms with Crippen LogP contribution in [0.3, 0.4) is 0 Å². The molecule has 6 heteroatoms. The van der Waals surface area contributed by atoms with Crippen LogP contribution in [0.5, 0.6) is 0 Å². The van der Waals surface area contributed by atoms with Gasteiger partial charge in [-0.1, -0.05) is 334 Å². The van der Waals surface area contributed by atoms with E-state index in [4.69, 9.17) is 4.74 Å². The van der Waals surface area contributed by atoms with E-state index in [1.165, 1.54) is 302 Å². The number of allylic oxidation sites excluding steroid dienone is 4. The zero-order valence-electron chi connectivity index (χ0n) is 50.8. The zero-order chi connectivity index (χ0) is 54.3. The molecule has 0 heterocycles. The highest BCUT2D eigenvalue weighted by molar-refractivity contribution is 5.76. The van der Waals surface area contributed by atoms with Gasteiger partial charge in [0.25, 0.3) is 0 Å². The molecule has 0 aliphatic heterocycles. The van der Waals surface area contributed by atoms with Gasteiger partial charge in [0.05, 0.1) is 25.4 Å². The molecule has 2 atom stereocenters. The Morgan fingerprint density at radius 2 is 0.667 bits per heavy atom. The molecule has 0 aliphatic rings. The van der Waals surface area contributed by atoms with E-state index in [2.05, 4.69) is 43.5 Å². The predicted octanol–water partition coefficient (Wildman–Crippen LogP) is 21.8. The Kier molecular flexibility index (Phi) is 63.4. The fourth-order valence-electron chi connectivity index (χ4n) is 10.8. The lowest BCUT2D eigenvalue weighted by molar-refractivity contribution is -0.143. The van der Waals surface area contributed by atoms with Crippen LogP contribution in [0.4, 0.5) is 0 Å². The maximum atomic E-state index is 12.5. The number of aliphatic hydroxyl groups excluding tert-OH is 2. The van der Waals surface area contributed by atoms with Crippen molar-refractivity contribution >= 4 is 11.9 Å². The van der Waals surface area contributed by atoms with Crippen molar-refractivity contribution in [1.29, 1.82) is 0 Å². The average Bonchev–Trinajstić information content (AvgIpc) is 3.41. The fourth-order valence-corrected chi connectivity index (χ4v) is 10.8. The van der Waals surface area contributed by atoms with E-state index >= 15 is 0 Å². The van der Waals surface area contributed by atoms with Crippen molar-refractivity contribution < 1.29 is 24.5 Å². The maximum Gasteiger partial charge on any atom is 0.305 e. The fraction of sp³-hybridized carbons (Fsp3) is 0.913. The standard InChI is InChI=1S/C69H133NO5/c1-3-5-7-9-11-13-15-17-19-31-35-39-43-47-51-55-59-63-69(74)75-64-60-56-52-48-44-40-36-33-30-28-26-24-22-20-21-23-25-27-29-32-34-38-42-46-50-54-58-62-68(73)70-66(65-71)67(72)61-57-53-49-45-41-37-18-16-14-12-10-8-6-4-2/h20-21,24,26,66-67,71-72H,3-19,22-23,25,27-65H2,1-2H3,(H,70,73)/b21-20-,26-24-. The normalized spacial score (nSPS) is 12.6. The lowest BCUT2D eigenvalue weighted by Crippen LogP contribution is -2.45. The number of hydrogen-bond donors (Lipinski definition) is 3. The Labute approximate surface area is 469 Å². The highest BCUT2D eigenvalue weighted by Gasteiger charge is 2.20. The first-order valence-electron chi connectivity index (χ1n) is 34.1. The maximum absolute atomic E-state index is 12.5. The van der Waals surface area contributed by atoms with Crippen molar-refractivity contribution in [2.24, 2.45) is 0 Å². The molecule has 0 radical (unpaired) electrons. The summed E-state index contributed by atoms with van der Waals surface area (Å²) in [4.78, 5) is 24.6. The summed E-state index contributed by atoms with van der Waals surface area (Å²) >= 11 is 0. The van der Waals surface area contributed by atoms with E-state index in [-0.39, 0.29) is 18.5 Å². The Hall–Kier alpha value is -1.66. The lowest BCUT2D eigenvalue weighted by atomic mass is 10.0. The quantitative estimate of drug-likeness (QED) is 0.0320. The van der Waals surface area contributed by atoms with Gasteiger partial charge in [0, 0.05) is 12.8 Å². The zero-order valence-corrected chi connectivity index (χ0v) is 50.8. The van der Waals surface area contributed by atoms with Crippen LogP contribution in [0.25, 0.3) is 0 Å². The third-order valence-electron chi connectivity index (χ3n) is 16.0. The predicted molar refractivity (Wildman–Crippen MR) is 329 cm³/mol. The van der Waals surface area contributed by atoms with Gasteiger partial charge in [-0.05, 0) is 57.8 Å². The summed E-state index contributed by atoms with van der Waals surface area (Å²) in [5.74, 6) is -0.0208. The Bertz CT molecular complexity index is 1170. The molecule has 444 valence electrons. The first kappa shape index (κ1) is 73.3. The van der Waals surface area contributed by atoms with Gasteiger partial charge in [-0.25, -0.2) is 0 Å². The number of unbranched alkanes of at least 4 members (excludes halogenated alkanes) is 49. The largest absolute Gasteiger partial charge is 0.466 e. The van der Waals surface area contributed by atoms with Crippen LogP contribution in [-0.4, -0.2) is 47.4 Å². The summed E-state index contributed by atoms with van der Waals surface area (Å²) in [6.45, 7) is 4.98. The molecule has 6 nitrogen and oxygen atoms in total. The van der Waals surface area contributed by atoms with E-state index < -0.39 is 12.1 Å². The minimum atomic E-state index is -0.666. The molecular formula is C69H133NO5. The van der Waals surface area contributed by atoms with Crippen molar-refractivity contribution in [1.82, 2.24) is 5.32 Å². The van der Waals surface area contributed by atoms with Crippen molar-refractivity contribution in [3.63, 3.8) is 0 Å². The van der Waals surface area contributed by atoms with Crippen molar-refractivity contribution in [2.75, 3.05) is 13.2 Å². The number of esters is 1. The Morgan fingerprint density at radius 1 is 0.373 bits per heavy atom. The van der Waals surface area contributed by atoms with Crippen molar-refractivity contribution in [3.05, 3.63) is 24.3 Å². The van der Waals surface area contributed by atoms with Gasteiger partial charge in [-0.3, -0.25) is 9.59 Å². The molecule has 0 aromatic rings. The van der Waals surface area contributed by atoms with Crippen LogP contribution in [0, 0.1) is 0 Å². The van der Waals surface area contributed by atoms with E-state index in [0.29, 0.717) is 25.9 Å². The van der Waals surface area contributed by atoms with Gasteiger partial charge >= 0.3 is 5.97 Å². The number of carbonyl (C=O) groups excluding carboxylic acids is 2. The van der Waals surface area contributed by atoms with Crippen LogP contribution in [-0.2, 0) is 14.3 Å². The number of carbonyl (C=O) groups is 2. The average molecular weight is 1060 g/mol. The molecular weight excluding hydrogens is 923 g/mol. The minimum Gasteiger partial charge on any atom is -0.466 e. The van der Waals surface area contributed by atoms with Crippen LogP contribution in [0.2, 0.25) is 0 Å². The van der Waals surface area contributed by atoms with Crippen LogP contribution in [0.1, 0.15) is 380 Å². The second-order valence-electron chi connectivity index (χ2n) is 23.5. The second-order valence-corrected chi connectivity index (χ2v) is 23.5.